The van der Waals surface area contributed by atoms with E-state index in [0.29, 0.717) is 12.2 Å². The molecule has 2 aromatic rings. The molecule has 3 heteroatoms. The first kappa shape index (κ1) is 15.1. The number of rotatable bonds is 6. The number of benzene rings is 2. The van der Waals surface area contributed by atoms with Crippen molar-refractivity contribution in [2.75, 3.05) is 11.9 Å². The summed E-state index contributed by atoms with van der Waals surface area (Å²) in [6.45, 7) is 4.81. The first-order chi connectivity index (χ1) is 10.2. The molecule has 3 nitrogen and oxygen atoms in total. The van der Waals surface area contributed by atoms with Crippen LogP contribution in [0.4, 0.5) is 5.69 Å². The number of aryl methyl sites for hydroxylation is 1. The fraction of sp³-hybridized carbons (Fsp3) is 0.278. The Balaban J connectivity index is 2.05. The minimum atomic E-state index is -0.124. The van der Waals surface area contributed by atoms with Gasteiger partial charge in [-0.05, 0) is 48.7 Å². The summed E-state index contributed by atoms with van der Waals surface area (Å²) < 4.78 is 5.55. The standard InChI is InChI=1S/C18H21NO2/c1-3-12-21-17-7-5-6-15(13-17)18(20)19-16-10-8-14(4-2)9-11-16/h5-11,13H,3-4,12H2,1-2H3,(H,19,20). The van der Waals surface area contributed by atoms with Crippen molar-refractivity contribution in [2.45, 2.75) is 26.7 Å². The molecule has 0 aromatic heterocycles. The third kappa shape index (κ3) is 4.35. The Labute approximate surface area is 126 Å². The molecule has 1 amide bonds. The van der Waals surface area contributed by atoms with Gasteiger partial charge in [-0.2, -0.15) is 0 Å². The number of anilines is 1. The summed E-state index contributed by atoms with van der Waals surface area (Å²) in [5, 5.41) is 2.90. The Morgan fingerprint density at radius 1 is 1.10 bits per heavy atom. The van der Waals surface area contributed by atoms with Gasteiger partial charge < -0.3 is 10.1 Å². The molecular formula is C18H21NO2. The molecule has 0 heterocycles. The summed E-state index contributed by atoms with van der Waals surface area (Å²) >= 11 is 0. The van der Waals surface area contributed by atoms with Crippen LogP contribution in [0.3, 0.4) is 0 Å². The monoisotopic (exact) mass is 283 g/mol. The second kappa shape index (κ2) is 7.48. The Kier molecular flexibility index (Phi) is 5.38. The van der Waals surface area contributed by atoms with E-state index < -0.39 is 0 Å². The Hall–Kier alpha value is -2.29. The predicted octanol–water partition coefficient (Wildman–Crippen LogP) is 4.29. The van der Waals surface area contributed by atoms with Gasteiger partial charge in [-0.1, -0.05) is 32.0 Å². The van der Waals surface area contributed by atoms with Crippen molar-refractivity contribution in [1.29, 1.82) is 0 Å². The molecule has 0 aliphatic carbocycles. The number of carbonyl (C=O) groups is 1. The highest BCUT2D eigenvalue weighted by Crippen LogP contribution is 2.16. The van der Waals surface area contributed by atoms with E-state index >= 15 is 0 Å². The van der Waals surface area contributed by atoms with Crippen molar-refractivity contribution in [3.8, 4) is 5.75 Å². The molecule has 21 heavy (non-hydrogen) atoms. The van der Waals surface area contributed by atoms with Gasteiger partial charge in [-0.3, -0.25) is 4.79 Å². The van der Waals surface area contributed by atoms with Crippen molar-refractivity contribution in [3.05, 3.63) is 59.7 Å². The lowest BCUT2D eigenvalue weighted by molar-refractivity contribution is 0.102. The van der Waals surface area contributed by atoms with Crippen molar-refractivity contribution in [2.24, 2.45) is 0 Å². The van der Waals surface area contributed by atoms with Gasteiger partial charge in [0, 0.05) is 11.3 Å². The molecule has 0 bridgehead atoms. The summed E-state index contributed by atoms with van der Waals surface area (Å²) in [6, 6.07) is 15.2. The fourth-order valence-electron chi connectivity index (χ4n) is 1.97. The minimum Gasteiger partial charge on any atom is -0.494 e. The molecule has 0 fully saturated rings. The molecular weight excluding hydrogens is 262 g/mol. The fourth-order valence-corrected chi connectivity index (χ4v) is 1.97. The lowest BCUT2D eigenvalue weighted by Crippen LogP contribution is -2.12. The smallest absolute Gasteiger partial charge is 0.255 e. The Morgan fingerprint density at radius 3 is 2.52 bits per heavy atom. The van der Waals surface area contributed by atoms with E-state index in [2.05, 4.69) is 19.2 Å². The maximum absolute atomic E-state index is 12.2. The van der Waals surface area contributed by atoms with Crippen LogP contribution in [0.5, 0.6) is 5.75 Å². The third-order valence-corrected chi connectivity index (χ3v) is 3.19. The van der Waals surface area contributed by atoms with E-state index in [1.165, 1.54) is 5.56 Å². The van der Waals surface area contributed by atoms with Crippen molar-refractivity contribution in [1.82, 2.24) is 0 Å². The van der Waals surface area contributed by atoms with Crippen LogP contribution in [0.1, 0.15) is 36.2 Å². The van der Waals surface area contributed by atoms with E-state index in [9.17, 15) is 4.79 Å². The van der Waals surface area contributed by atoms with Crippen molar-refractivity contribution in [3.63, 3.8) is 0 Å². The second-order valence-corrected chi connectivity index (χ2v) is 4.88. The molecule has 2 rings (SSSR count). The number of ether oxygens (including phenoxy) is 1. The average Bonchev–Trinajstić information content (AvgIpc) is 2.54. The van der Waals surface area contributed by atoms with Gasteiger partial charge in [-0.15, -0.1) is 0 Å². The molecule has 1 N–H and O–H groups in total. The normalized spacial score (nSPS) is 10.2. The third-order valence-electron chi connectivity index (χ3n) is 3.19. The average molecular weight is 283 g/mol. The quantitative estimate of drug-likeness (QED) is 0.858. The van der Waals surface area contributed by atoms with Crippen LogP contribution in [-0.2, 0) is 6.42 Å². The maximum Gasteiger partial charge on any atom is 0.255 e. The molecule has 0 atom stereocenters. The van der Waals surface area contributed by atoms with Gasteiger partial charge in [0.15, 0.2) is 0 Å². The highest BCUT2D eigenvalue weighted by Gasteiger charge is 2.07. The second-order valence-electron chi connectivity index (χ2n) is 4.88. The largest absolute Gasteiger partial charge is 0.494 e. The van der Waals surface area contributed by atoms with E-state index in [4.69, 9.17) is 4.74 Å². The van der Waals surface area contributed by atoms with Crippen LogP contribution in [0.2, 0.25) is 0 Å². The van der Waals surface area contributed by atoms with Gasteiger partial charge in [-0.25, -0.2) is 0 Å². The van der Waals surface area contributed by atoms with E-state index in [0.717, 1.165) is 24.3 Å². The van der Waals surface area contributed by atoms with Crippen molar-refractivity contribution >= 4 is 11.6 Å². The lowest BCUT2D eigenvalue weighted by Gasteiger charge is -2.08. The first-order valence-corrected chi connectivity index (χ1v) is 7.36. The predicted molar refractivity (Wildman–Crippen MR) is 86.0 cm³/mol. The molecule has 110 valence electrons. The van der Waals surface area contributed by atoms with Gasteiger partial charge in [0.25, 0.3) is 5.91 Å². The summed E-state index contributed by atoms with van der Waals surface area (Å²) in [7, 11) is 0. The highest BCUT2D eigenvalue weighted by molar-refractivity contribution is 6.04. The Bertz CT molecular complexity index is 590. The molecule has 2 aromatic carbocycles. The van der Waals surface area contributed by atoms with E-state index in [1.807, 2.05) is 36.4 Å². The molecule has 0 radical (unpaired) electrons. The highest BCUT2D eigenvalue weighted by atomic mass is 16.5. The summed E-state index contributed by atoms with van der Waals surface area (Å²) in [5.41, 5.74) is 2.66. The first-order valence-electron chi connectivity index (χ1n) is 7.36. The van der Waals surface area contributed by atoms with Crippen LogP contribution in [0.25, 0.3) is 0 Å². The lowest BCUT2D eigenvalue weighted by atomic mass is 10.1. The van der Waals surface area contributed by atoms with E-state index in [1.54, 1.807) is 12.1 Å². The van der Waals surface area contributed by atoms with Gasteiger partial charge in [0.1, 0.15) is 5.75 Å². The SMILES string of the molecule is CCCOc1cccc(C(=O)Nc2ccc(CC)cc2)c1. The molecule has 0 saturated heterocycles. The minimum absolute atomic E-state index is 0.124. The van der Waals surface area contributed by atoms with Gasteiger partial charge >= 0.3 is 0 Å². The van der Waals surface area contributed by atoms with Gasteiger partial charge in [0.05, 0.1) is 6.61 Å². The van der Waals surface area contributed by atoms with Crippen LogP contribution < -0.4 is 10.1 Å². The van der Waals surface area contributed by atoms with Crippen molar-refractivity contribution < 1.29 is 9.53 Å². The van der Waals surface area contributed by atoms with Crippen LogP contribution in [0, 0.1) is 0 Å². The number of hydrogen-bond acceptors (Lipinski definition) is 2. The maximum atomic E-state index is 12.2. The number of carbonyl (C=O) groups excluding carboxylic acids is 1. The van der Waals surface area contributed by atoms with E-state index in [-0.39, 0.29) is 5.91 Å². The number of amides is 1. The molecule has 0 aliphatic rings. The topological polar surface area (TPSA) is 38.3 Å². The Morgan fingerprint density at radius 2 is 1.86 bits per heavy atom. The number of hydrogen-bond donors (Lipinski definition) is 1. The van der Waals surface area contributed by atoms with Crippen LogP contribution in [0.15, 0.2) is 48.5 Å². The van der Waals surface area contributed by atoms with Crippen LogP contribution >= 0.6 is 0 Å². The molecule has 0 spiro atoms. The molecule has 0 aliphatic heterocycles. The summed E-state index contributed by atoms with van der Waals surface area (Å²) in [6.07, 6.45) is 1.94. The summed E-state index contributed by atoms with van der Waals surface area (Å²) in [5.74, 6) is 0.604. The zero-order valence-corrected chi connectivity index (χ0v) is 12.6. The zero-order chi connectivity index (χ0) is 15.1. The van der Waals surface area contributed by atoms with Gasteiger partial charge in [0.2, 0.25) is 0 Å². The molecule has 0 saturated carbocycles. The summed E-state index contributed by atoms with van der Waals surface area (Å²) in [4.78, 5) is 12.2. The van der Waals surface area contributed by atoms with Crippen LogP contribution in [-0.4, -0.2) is 12.5 Å². The molecule has 0 unspecified atom stereocenters. The number of nitrogens with one attached hydrogen (secondary N) is 1. The zero-order valence-electron chi connectivity index (χ0n) is 12.6.